The van der Waals surface area contributed by atoms with Gasteiger partial charge in [-0.1, -0.05) is 30.0 Å². The van der Waals surface area contributed by atoms with Gasteiger partial charge in [-0.25, -0.2) is 0 Å². The quantitative estimate of drug-likeness (QED) is 0.454. The molecule has 0 aliphatic rings. The van der Waals surface area contributed by atoms with Crippen molar-refractivity contribution < 1.29 is 0 Å². The molecule has 0 fully saturated rings. The van der Waals surface area contributed by atoms with Gasteiger partial charge < -0.3 is 0 Å². The molecule has 0 saturated heterocycles. The molecule has 0 heterocycles. The molecule has 0 unspecified atom stereocenters. The normalized spacial score (nSPS) is 10.5. The van der Waals surface area contributed by atoms with Crippen LogP contribution < -0.4 is 0 Å². The third-order valence-corrected chi connectivity index (χ3v) is 5.50. The fourth-order valence-corrected chi connectivity index (χ4v) is 3.74. The minimum absolute atomic E-state index is 0.959. The maximum Gasteiger partial charge on any atom is -0.00511 e. The Kier molecular flexibility index (Phi) is 5.45. The van der Waals surface area contributed by atoms with Crippen molar-refractivity contribution in [2.45, 2.75) is 0 Å². The molecule has 0 aromatic carbocycles. The molecule has 0 bridgehead atoms. The highest BCUT2D eigenvalue weighted by atomic mass is 32.4. The van der Waals surface area contributed by atoms with Gasteiger partial charge in [0.05, 0.1) is 0 Å². The molecule has 0 atom stereocenters. The lowest BCUT2D eigenvalue weighted by atomic mass is 10.7. The minimum Gasteiger partial charge on any atom is -0.103 e. The summed E-state index contributed by atoms with van der Waals surface area (Å²) in [5, 5.41) is 0. The van der Waals surface area contributed by atoms with Crippen molar-refractivity contribution in [2.24, 2.45) is 0 Å². The second-order valence-corrected chi connectivity index (χ2v) is 8.01. The van der Waals surface area contributed by atoms with Gasteiger partial charge in [0.1, 0.15) is 0 Å². The van der Waals surface area contributed by atoms with E-state index in [0.717, 1.165) is 18.5 Å². The second-order valence-electron chi connectivity index (χ2n) is 2.47. The maximum absolute atomic E-state index is 5.50. The van der Waals surface area contributed by atoms with Gasteiger partial charge >= 0.3 is 0 Å². The van der Waals surface area contributed by atoms with E-state index in [2.05, 4.69) is 19.7 Å². The van der Waals surface area contributed by atoms with Crippen LogP contribution in [0.15, 0.2) is 38.0 Å². The van der Waals surface area contributed by atoms with Crippen LogP contribution in [0.2, 0.25) is 0 Å². The summed E-state index contributed by atoms with van der Waals surface area (Å²) < 4.78 is 0. The van der Waals surface area contributed by atoms with Crippen LogP contribution in [0.4, 0.5) is 0 Å². The van der Waals surface area contributed by atoms with Gasteiger partial charge in [-0.15, -0.1) is 19.7 Å². The molecule has 0 N–H and O–H groups in total. The minimum atomic E-state index is -1.24. The van der Waals surface area contributed by atoms with E-state index in [1.165, 1.54) is 0 Å². The van der Waals surface area contributed by atoms with Gasteiger partial charge in [0.15, 0.2) is 0 Å². The molecule has 0 aromatic heterocycles. The van der Waals surface area contributed by atoms with E-state index in [1.54, 1.807) is 0 Å². The van der Waals surface area contributed by atoms with Crippen LogP contribution in [0.5, 0.6) is 0 Å². The van der Waals surface area contributed by atoms with E-state index in [0.29, 0.717) is 0 Å². The van der Waals surface area contributed by atoms with E-state index < -0.39 is 6.04 Å². The van der Waals surface area contributed by atoms with Gasteiger partial charge in [0.2, 0.25) is 0 Å². The molecule has 2 heteroatoms. The van der Waals surface area contributed by atoms with E-state index in [9.17, 15) is 0 Å². The predicted molar refractivity (Wildman–Crippen MR) is 59.5 cm³/mol. The molecule has 0 aliphatic carbocycles. The van der Waals surface area contributed by atoms with Gasteiger partial charge in [0, 0.05) is 0 Å². The first-order valence-electron chi connectivity index (χ1n) is 3.58. The highest BCUT2D eigenvalue weighted by Crippen LogP contribution is 2.45. The summed E-state index contributed by atoms with van der Waals surface area (Å²) in [6.45, 7) is 11.1. The largest absolute Gasteiger partial charge is 0.103 e. The van der Waals surface area contributed by atoms with E-state index in [1.807, 2.05) is 18.2 Å². The lowest BCUT2D eigenvalue weighted by molar-refractivity contribution is 1.58. The Morgan fingerprint density at radius 1 is 0.909 bits per heavy atom. The molecular weight excluding hydrogens is 171 g/mol. The van der Waals surface area contributed by atoms with Crippen molar-refractivity contribution in [1.82, 2.24) is 0 Å². The molecule has 0 aliphatic heterocycles. The van der Waals surface area contributed by atoms with E-state index >= 15 is 0 Å². The second kappa shape index (κ2) is 5.51. The summed E-state index contributed by atoms with van der Waals surface area (Å²) in [6.07, 6.45) is 8.61. The van der Waals surface area contributed by atoms with Crippen LogP contribution in [-0.4, -0.2) is 18.5 Å². The van der Waals surface area contributed by atoms with Crippen LogP contribution in [0, 0.1) is 0 Å². The summed E-state index contributed by atoms with van der Waals surface area (Å²) in [7, 11) is 0. The van der Waals surface area contributed by atoms with E-state index in [4.69, 9.17) is 11.8 Å². The first kappa shape index (κ1) is 10.9. The number of allylic oxidation sites excluding steroid dienone is 3. The van der Waals surface area contributed by atoms with Crippen LogP contribution in [0.25, 0.3) is 0 Å². The Balaban J connectivity index is 4.22. The Bertz CT molecular complexity index is 160. The predicted octanol–water partition coefficient (Wildman–Crippen LogP) is 3.02. The smallest absolute Gasteiger partial charge is 0.00511 e. The molecule has 0 aromatic rings. The highest BCUT2D eigenvalue weighted by Gasteiger charge is 2.10. The van der Waals surface area contributed by atoms with Gasteiger partial charge in [-0.05, 0) is 24.5 Å². The fourth-order valence-electron chi connectivity index (χ4n) is 0.929. The Hall–Kier alpha value is -0.130. The van der Waals surface area contributed by atoms with Crippen molar-refractivity contribution >= 4 is 17.8 Å². The van der Waals surface area contributed by atoms with Gasteiger partial charge in [-0.3, -0.25) is 0 Å². The Morgan fingerprint density at radius 2 is 1.18 bits per heavy atom. The van der Waals surface area contributed by atoms with Crippen LogP contribution in [0.3, 0.4) is 0 Å². The van der Waals surface area contributed by atoms with Gasteiger partial charge in [-0.2, -0.15) is 0 Å². The SMILES string of the molecule is C=CCP(=S)(CC=C)CC=C. The lowest BCUT2D eigenvalue weighted by Crippen LogP contribution is -1.93. The molecule has 0 spiro atoms. The van der Waals surface area contributed by atoms with Crippen molar-refractivity contribution in [3.63, 3.8) is 0 Å². The van der Waals surface area contributed by atoms with Crippen molar-refractivity contribution in [2.75, 3.05) is 18.5 Å². The number of hydrogen-bond acceptors (Lipinski definition) is 1. The first-order chi connectivity index (χ1) is 5.18. The van der Waals surface area contributed by atoms with Crippen LogP contribution >= 0.6 is 6.04 Å². The van der Waals surface area contributed by atoms with Crippen LogP contribution in [-0.2, 0) is 11.8 Å². The fraction of sp³-hybridized carbons (Fsp3) is 0.333. The van der Waals surface area contributed by atoms with Crippen LogP contribution in [0.1, 0.15) is 0 Å². The van der Waals surface area contributed by atoms with Crippen molar-refractivity contribution in [3.8, 4) is 0 Å². The van der Waals surface area contributed by atoms with Crippen molar-refractivity contribution in [1.29, 1.82) is 0 Å². The molecular formula is C9H15PS. The summed E-state index contributed by atoms with van der Waals surface area (Å²) in [5.41, 5.74) is 0. The zero-order chi connectivity index (χ0) is 8.74. The molecule has 0 rings (SSSR count). The summed E-state index contributed by atoms with van der Waals surface area (Å²) in [4.78, 5) is 0. The molecule has 62 valence electrons. The standard InChI is InChI=1S/C9H15PS/c1-4-7-10(11,8-5-2)9-6-3/h4-6H,1-3,7-9H2. The molecule has 0 radical (unpaired) electrons. The zero-order valence-electron chi connectivity index (χ0n) is 6.83. The first-order valence-corrected chi connectivity index (χ1v) is 6.94. The monoisotopic (exact) mass is 186 g/mol. The average molecular weight is 186 g/mol. The van der Waals surface area contributed by atoms with E-state index in [-0.39, 0.29) is 0 Å². The number of hydrogen-bond donors (Lipinski definition) is 0. The lowest BCUT2D eigenvalue weighted by Gasteiger charge is -2.15. The zero-order valence-corrected chi connectivity index (χ0v) is 8.54. The Labute approximate surface area is 74.7 Å². The number of rotatable bonds is 6. The summed E-state index contributed by atoms with van der Waals surface area (Å²) in [6, 6.07) is -1.24. The molecule has 0 amide bonds. The van der Waals surface area contributed by atoms with Crippen molar-refractivity contribution in [3.05, 3.63) is 38.0 Å². The maximum atomic E-state index is 5.50. The molecule has 11 heavy (non-hydrogen) atoms. The Morgan fingerprint density at radius 3 is 1.36 bits per heavy atom. The highest BCUT2D eigenvalue weighted by molar-refractivity contribution is 8.14. The third-order valence-electron chi connectivity index (χ3n) is 1.39. The summed E-state index contributed by atoms with van der Waals surface area (Å²) >= 11 is 5.50. The topological polar surface area (TPSA) is 0 Å². The average Bonchev–Trinajstić information content (AvgIpc) is 1.88. The van der Waals surface area contributed by atoms with Gasteiger partial charge in [0.25, 0.3) is 0 Å². The summed E-state index contributed by atoms with van der Waals surface area (Å²) in [5.74, 6) is 0. The molecule has 0 saturated carbocycles. The molecule has 0 nitrogen and oxygen atoms in total. The third kappa shape index (κ3) is 4.34.